The van der Waals surface area contributed by atoms with Crippen molar-refractivity contribution in [1.82, 2.24) is 9.97 Å². The summed E-state index contributed by atoms with van der Waals surface area (Å²) >= 11 is 5.86. The summed E-state index contributed by atoms with van der Waals surface area (Å²) in [6, 6.07) is 11.1. The summed E-state index contributed by atoms with van der Waals surface area (Å²) in [6.07, 6.45) is 1.19. The highest BCUT2D eigenvalue weighted by atomic mass is 35.5. The molecular formula is C16H10ClN3O4. The molecule has 24 heavy (non-hydrogen) atoms. The SMILES string of the molecule is O=c1[nH]c2c([N+](=O)[O-])cc(Cl)cc2nc1/C=C(\O)c1ccccc1. The summed E-state index contributed by atoms with van der Waals surface area (Å²) in [5.41, 5.74) is -0.441. The second-order valence-electron chi connectivity index (χ2n) is 4.92. The Morgan fingerprint density at radius 3 is 2.67 bits per heavy atom. The van der Waals surface area contributed by atoms with E-state index >= 15 is 0 Å². The Bertz CT molecular complexity index is 1030. The number of aliphatic hydroxyl groups excluding tert-OH is 1. The summed E-state index contributed by atoms with van der Waals surface area (Å²) in [4.78, 5) is 29.0. The van der Waals surface area contributed by atoms with Crippen molar-refractivity contribution in [2.75, 3.05) is 0 Å². The number of hydrogen-bond donors (Lipinski definition) is 2. The summed E-state index contributed by atoms with van der Waals surface area (Å²) < 4.78 is 0. The van der Waals surface area contributed by atoms with E-state index in [1.807, 2.05) is 0 Å². The van der Waals surface area contributed by atoms with Crippen LogP contribution >= 0.6 is 11.6 Å². The third-order valence-electron chi connectivity index (χ3n) is 3.31. The highest BCUT2D eigenvalue weighted by Gasteiger charge is 2.17. The Balaban J connectivity index is 2.19. The number of fused-ring (bicyclic) bond motifs is 1. The smallest absolute Gasteiger partial charge is 0.296 e. The molecule has 2 aromatic carbocycles. The Kier molecular flexibility index (Phi) is 4.01. The van der Waals surface area contributed by atoms with Crippen LogP contribution in [0.1, 0.15) is 11.3 Å². The van der Waals surface area contributed by atoms with Gasteiger partial charge in [-0.1, -0.05) is 41.9 Å². The van der Waals surface area contributed by atoms with Gasteiger partial charge >= 0.3 is 0 Å². The molecule has 1 heterocycles. The van der Waals surface area contributed by atoms with Crippen molar-refractivity contribution in [3.05, 3.63) is 79.2 Å². The molecule has 3 rings (SSSR count). The van der Waals surface area contributed by atoms with E-state index < -0.39 is 10.5 Å². The van der Waals surface area contributed by atoms with Crippen molar-refractivity contribution in [1.29, 1.82) is 0 Å². The first-order valence-electron chi connectivity index (χ1n) is 6.80. The minimum absolute atomic E-state index is 0.0225. The number of nitro groups is 1. The molecule has 3 aromatic rings. The zero-order valence-electron chi connectivity index (χ0n) is 12.1. The highest BCUT2D eigenvalue weighted by Crippen LogP contribution is 2.26. The second kappa shape index (κ2) is 6.13. The van der Waals surface area contributed by atoms with Crippen LogP contribution in [0.15, 0.2) is 47.3 Å². The number of benzene rings is 2. The van der Waals surface area contributed by atoms with Crippen LogP contribution in [0.5, 0.6) is 0 Å². The second-order valence-corrected chi connectivity index (χ2v) is 5.36. The lowest BCUT2D eigenvalue weighted by Crippen LogP contribution is -2.13. The van der Waals surface area contributed by atoms with E-state index in [1.54, 1.807) is 30.3 Å². The third-order valence-corrected chi connectivity index (χ3v) is 3.53. The molecular weight excluding hydrogens is 334 g/mol. The van der Waals surface area contributed by atoms with Crippen LogP contribution in [0.2, 0.25) is 5.02 Å². The Morgan fingerprint density at radius 1 is 1.29 bits per heavy atom. The summed E-state index contributed by atoms with van der Waals surface area (Å²) in [5, 5.41) is 21.3. The van der Waals surface area contributed by atoms with Crippen LogP contribution in [-0.2, 0) is 0 Å². The van der Waals surface area contributed by atoms with E-state index in [4.69, 9.17) is 11.6 Å². The number of nitrogens with one attached hydrogen (secondary N) is 1. The third kappa shape index (κ3) is 2.97. The van der Waals surface area contributed by atoms with Crippen LogP contribution in [0, 0.1) is 10.1 Å². The van der Waals surface area contributed by atoms with Gasteiger partial charge in [0.15, 0.2) is 0 Å². The van der Waals surface area contributed by atoms with Gasteiger partial charge in [-0.15, -0.1) is 0 Å². The molecule has 0 aliphatic carbocycles. The number of non-ortho nitro benzene ring substituents is 1. The minimum Gasteiger partial charge on any atom is -0.507 e. The molecule has 2 N–H and O–H groups in total. The average Bonchev–Trinajstić information content (AvgIpc) is 2.56. The molecule has 0 saturated heterocycles. The van der Waals surface area contributed by atoms with Crippen molar-refractivity contribution >= 4 is 40.2 Å². The fraction of sp³-hybridized carbons (Fsp3) is 0. The molecule has 0 aliphatic rings. The fourth-order valence-corrected chi connectivity index (χ4v) is 2.42. The van der Waals surface area contributed by atoms with Crippen molar-refractivity contribution in [3.63, 3.8) is 0 Å². The van der Waals surface area contributed by atoms with Crippen molar-refractivity contribution in [2.45, 2.75) is 0 Å². The standard InChI is InChI=1S/C16H10ClN3O4/c17-10-6-11-15(13(7-10)20(23)24)19-16(22)12(18-11)8-14(21)9-4-2-1-3-5-9/h1-8,21H,(H,19,22)/b14-8-. The zero-order valence-corrected chi connectivity index (χ0v) is 12.8. The average molecular weight is 344 g/mol. The van der Waals surface area contributed by atoms with Gasteiger partial charge in [0.25, 0.3) is 11.2 Å². The molecule has 0 amide bonds. The van der Waals surface area contributed by atoms with Gasteiger partial charge in [0.05, 0.1) is 10.4 Å². The number of nitro benzene ring substituents is 1. The fourth-order valence-electron chi connectivity index (χ4n) is 2.22. The van der Waals surface area contributed by atoms with Gasteiger partial charge in [0.1, 0.15) is 17.0 Å². The minimum atomic E-state index is -0.657. The van der Waals surface area contributed by atoms with Gasteiger partial charge < -0.3 is 10.1 Å². The highest BCUT2D eigenvalue weighted by molar-refractivity contribution is 6.31. The van der Waals surface area contributed by atoms with Gasteiger partial charge in [0, 0.05) is 22.7 Å². The van der Waals surface area contributed by atoms with E-state index in [-0.39, 0.29) is 33.2 Å². The van der Waals surface area contributed by atoms with Gasteiger partial charge in [-0.3, -0.25) is 14.9 Å². The molecule has 7 nitrogen and oxygen atoms in total. The van der Waals surface area contributed by atoms with Gasteiger partial charge in [-0.05, 0) is 6.07 Å². The molecule has 0 unspecified atom stereocenters. The van der Waals surface area contributed by atoms with Crippen LogP contribution in [0.25, 0.3) is 22.9 Å². The largest absolute Gasteiger partial charge is 0.507 e. The lowest BCUT2D eigenvalue weighted by molar-refractivity contribution is -0.383. The predicted molar refractivity (Wildman–Crippen MR) is 91.0 cm³/mol. The molecule has 0 bridgehead atoms. The molecule has 0 spiro atoms. The number of aliphatic hydroxyl groups is 1. The number of hydrogen-bond acceptors (Lipinski definition) is 5. The van der Waals surface area contributed by atoms with E-state index in [0.29, 0.717) is 5.56 Å². The van der Waals surface area contributed by atoms with E-state index in [2.05, 4.69) is 9.97 Å². The Morgan fingerprint density at radius 2 is 2.00 bits per heavy atom. The topological polar surface area (TPSA) is 109 Å². The zero-order chi connectivity index (χ0) is 17.3. The molecule has 0 saturated carbocycles. The van der Waals surface area contributed by atoms with Crippen LogP contribution < -0.4 is 5.56 Å². The lowest BCUT2D eigenvalue weighted by Gasteiger charge is -2.03. The number of rotatable bonds is 3. The van der Waals surface area contributed by atoms with E-state index in [0.717, 1.165) is 6.07 Å². The van der Waals surface area contributed by atoms with Crippen LogP contribution in [0.4, 0.5) is 5.69 Å². The molecule has 8 heteroatoms. The van der Waals surface area contributed by atoms with Crippen LogP contribution in [-0.4, -0.2) is 20.0 Å². The first-order chi connectivity index (χ1) is 11.5. The maximum atomic E-state index is 12.1. The Labute approximate surface area is 140 Å². The maximum Gasteiger partial charge on any atom is 0.296 e. The molecule has 0 radical (unpaired) electrons. The monoisotopic (exact) mass is 343 g/mol. The lowest BCUT2D eigenvalue weighted by atomic mass is 10.1. The van der Waals surface area contributed by atoms with Crippen molar-refractivity contribution in [3.8, 4) is 0 Å². The molecule has 120 valence electrons. The number of aromatic amines is 1. The first kappa shape index (κ1) is 15.7. The molecule has 0 fully saturated rings. The quantitative estimate of drug-likeness (QED) is 0.429. The van der Waals surface area contributed by atoms with E-state index in [9.17, 15) is 20.0 Å². The predicted octanol–water partition coefficient (Wildman–Crippen LogP) is 3.54. The number of nitrogens with zero attached hydrogens (tertiary/aromatic N) is 2. The van der Waals surface area contributed by atoms with Gasteiger partial charge in [0.2, 0.25) is 0 Å². The summed E-state index contributed by atoms with van der Waals surface area (Å²) in [6.45, 7) is 0. The molecule has 1 aromatic heterocycles. The van der Waals surface area contributed by atoms with Gasteiger partial charge in [-0.2, -0.15) is 0 Å². The Hall–Kier alpha value is -3.19. The molecule has 0 atom stereocenters. The molecule has 0 aliphatic heterocycles. The van der Waals surface area contributed by atoms with Crippen molar-refractivity contribution in [2.24, 2.45) is 0 Å². The number of H-pyrrole nitrogens is 1. The van der Waals surface area contributed by atoms with Gasteiger partial charge in [-0.25, -0.2) is 4.98 Å². The summed E-state index contributed by atoms with van der Waals surface area (Å²) in [7, 11) is 0. The number of aromatic nitrogens is 2. The van der Waals surface area contributed by atoms with E-state index in [1.165, 1.54) is 12.1 Å². The van der Waals surface area contributed by atoms with Crippen LogP contribution in [0.3, 0.4) is 0 Å². The number of halogens is 1. The summed E-state index contributed by atoms with van der Waals surface area (Å²) in [5.74, 6) is -0.149. The normalized spacial score (nSPS) is 11.6. The maximum absolute atomic E-state index is 12.1. The van der Waals surface area contributed by atoms with Crippen molar-refractivity contribution < 1.29 is 10.0 Å². The first-order valence-corrected chi connectivity index (χ1v) is 7.17.